The molecule has 2 heterocycles. The van der Waals surface area contributed by atoms with Crippen molar-refractivity contribution in [1.29, 1.82) is 0 Å². The molecule has 1 fully saturated rings. The van der Waals surface area contributed by atoms with Crippen LogP contribution in [-0.4, -0.2) is 76.7 Å². The van der Waals surface area contributed by atoms with Crippen LogP contribution in [-0.2, 0) is 25.5 Å². The Kier molecular flexibility index (Phi) is 15.3. The van der Waals surface area contributed by atoms with Gasteiger partial charge in [-0.2, -0.15) is 0 Å². The van der Waals surface area contributed by atoms with E-state index >= 15 is 0 Å². The molecule has 5 atom stereocenters. The Morgan fingerprint density at radius 1 is 0.957 bits per heavy atom. The number of aromatic nitrogens is 1. The summed E-state index contributed by atoms with van der Waals surface area (Å²) in [6.07, 6.45) is 5.34. The number of nitrogens with zero attached hydrogens (tertiary/aromatic N) is 2. The van der Waals surface area contributed by atoms with Crippen molar-refractivity contribution in [1.82, 2.24) is 25.4 Å². The number of amides is 4. The maximum atomic E-state index is 14.0. The number of carbonyl (C=O) groups is 5. The summed E-state index contributed by atoms with van der Waals surface area (Å²) < 4.78 is 6.25. The largest absolute Gasteiger partial charge is 1.00 e. The van der Waals surface area contributed by atoms with E-state index in [-0.39, 0.29) is 72.3 Å². The third kappa shape index (κ3) is 11.0. The van der Waals surface area contributed by atoms with Gasteiger partial charge < -0.3 is 35.5 Å². The van der Waals surface area contributed by atoms with E-state index in [1.807, 2.05) is 41.5 Å². The number of methoxy groups -OCH3 is 1. The van der Waals surface area contributed by atoms with Gasteiger partial charge in [-0.15, -0.1) is 0 Å². The first-order chi connectivity index (χ1) is 21.7. The second-order valence-corrected chi connectivity index (χ2v) is 13.6. The molecule has 0 unspecified atom stereocenters. The summed E-state index contributed by atoms with van der Waals surface area (Å²) >= 11 is 0. The quantitative estimate of drug-likeness (QED) is 0.279. The van der Waals surface area contributed by atoms with Crippen LogP contribution in [0.1, 0.15) is 92.1 Å². The molecular formula is C34H50N5NaO7. The minimum absolute atomic E-state index is 0. The number of carbonyl (C=O) groups excluding carboxylic acids is 5. The monoisotopic (exact) mass is 663 g/mol. The molecular weight excluding hydrogens is 613 g/mol. The van der Waals surface area contributed by atoms with Crippen LogP contribution in [0.4, 0.5) is 9.59 Å². The smallest absolute Gasteiger partial charge is 0.548 e. The maximum Gasteiger partial charge on any atom is 1.00 e. The van der Waals surface area contributed by atoms with Crippen LogP contribution in [0, 0.1) is 5.41 Å². The number of carboxylic acids is 1. The van der Waals surface area contributed by atoms with Gasteiger partial charge >= 0.3 is 41.7 Å². The van der Waals surface area contributed by atoms with Gasteiger partial charge in [0.05, 0.1) is 24.6 Å². The number of nitrogens with one attached hydrogen (secondary N) is 3. The zero-order chi connectivity index (χ0) is 34.2. The molecule has 13 heteroatoms. The average molecular weight is 664 g/mol. The van der Waals surface area contributed by atoms with Crippen LogP contribution < -0.4 is 50.6 Å². The van der Waals surface area contributed by atoms with Crippen molar-refractivity contribution < 1.29 is 63.4 Å². The number of carboxylic acid groups (broad SMARTS) is 1. The molecule has 254 valence electrons. The molecule has 0 aliphatic carbocycles. The zero-order valence-corrected chi connectivity index (χ0v) is 31.2. The number of benzene rings is 1. The Morgan fingerprint density at radius 2 is 1.55 bits per heavy atom. The van der Waals surface area contributed by atoms with Gasteiger partial charge in [0.25, 0.3) is 0 Å². The first-order valence-electron chi connectivity index (χ1n) is 16.2. The summed E-state index contributed by atoms with van der Waals surface area (Å²) in [5.74, 6) is -2.71. The SMILES string of the molecule is CCCC[C@H](NC(=O)[C@@H](Cc1cn(C(=O)OC)c2ccccc12)NC(=O)[C@@H](CC(C)(C)C)NC(=O)N1[C@H](C)CCC[C@@H]1C)C(=O)[O-].[Na+]. The van der Waals surface area contributed by atoms with Gasteiger partial charge in [0.2, 0.25) is 11.8 Å². The van der Waals surface area contributed by atoms with Gasteiger partial charge in [0.15, 0.2) is 0 Å². The number of rotatable bonds is 12. The number of aliphatic carboxylic acids is 1. The molecule has 0 saturated carbocycles. The number of piperidine rings is 1. The van der Waals surface area contributed by atoms with E-state index in [1.165, 1.54) is 11.7 Å². The van der Waals surface area contributed by atoms with Crippen molar-refractivity contribution in [2.45, 2.75) is 123 Å². The van der Waals surface area contributed by atoms with Gasteiger partial charge in [-0.05, 0) is 63.0 Å². The molecule has 1 aromatic heterocycles. The molecule has 12 nitrogen and oxygen atoms in total. The fourth-order valence-electron chi connectivity index (χ4n) is 6.16. The van der Waals surface area contributed by atoms with Crippen molar-refractivity contribution in [2.75, 3.05) is 7.11 Å². The van der Waals surface area contributed by atoms with E-state index in [1.54, 1.807) is 35.4 Å². The molecule has 1 aliphatic heterocycles. The number of unbranched alkanes of at least 4 members (excludes halogenated alkanes) is 1. The van der Waals surface area contributed by atoms with Crippen molar-refractivity contribution in [3.05, 3.63) is 36.0 Å². The van der Waals surface area contributed by atoms with Crippen LogP contribution in [0.25, 0.3) is 10.9 Å². The average Bonchev–Trinajstić information content (AvgIpc) is 3.35. The second kappa shape index (κ2) is 17.9. The summed E-state index contributed by atoms with van der Waals surface area (Å²) in [5.41, 5.74) is 0.751. The third-order valence-electron chi connectivity index (χ3n) is 8.53. The van der Waals surface area contributed by atoms with Crippen LogP contribution >= 0.6 is 0 Å². The van der Waals surface area contributed by atoms with Crippen LogP contribution in [0.3, 0.4) is 0 Å². The molecule has 0 spiro atoms. The van der Waals surface area contributed by atoms with E-state index < -0.39 is 42.0 Å². The Balaban J connectivity index is 0.00000768. The molecule has 2 aromatic rings. The standard InChI is InChI=1S/C34H51N5O7.Na/c1-8-9-16-25(31(42)43)35-29(40)26(18-23-20-38(33(45)46-7)28-17-11-10-15-24(23)28)36-30(41)27(19-34(4,5)6)37-32(44)39-21(2)13-12-14-22(39)3;/h10-11,15,17,20-22,25-27H,8-9,12-14,16,18-19H2,1-7H3,(H,35,40)(H,36,41)(H,37,44)(H,42,43);/q;+1/p-1/t21-,22+,25-,26+,27+;/m0./s1. The summed E-state index contributed by atoms with van der Waals surface area (Å²) in [6.45, 7) is 11.8. The second-order valence-electron chi connectivity index (χ2n) is 13.6. The number of urea groups is 1. The summed E-state index contributed by atoms with van der Waals surface area (Å²) in [6, 6.07) is 3.29. The molecule has 3 N–H and O–H groups in total. The molecule has 1 aliphatic rings. The Labute approximate surface area is 300 Å². The van der Waals surface area contributed by atoms with Crippen molar-refractivity contribution >= 4 is 40.8 Å². The zero-order valence-electron chi connectivity index (χ0n) is 29.2. The molecule has 4 amide bonds. The fourth-order valence-corrected chi connectivity index (χ4v) is 6.16. The molecule has 0 radical (unpaired) electrons. The minimum Gasteiger partial charge on any atom is -0.548 e. The van der Waals surface area contributed by atoms with Crippen LogP contribution in [0.2, 0.25) is 0 Å². The molecule has 3 rings (SSSR count). The summed E-state index contributed by atoms with van der Waals surface area (Å²) in [7, 11) is 1.26. The number of likely N-dealkylation sites (tertiary alicyclic amines) is 1. The van der Waals surface area contributed by atoms with Crippen LogP contribution in [0.15, 0.2) is 30.5 Å². The van der Waals surface area contributed by atoms with Gasteiger partial charge in [-0.1, -0.05) is 58.7 Å². The first kappa shape index (κ1) is 40.1. The number of ether oxygens (including phenoxy) is 1. The summed E-state index contributed by atoms with van der Waals surface area (Å²) in [4.78, 5) is 67.5. The molecule has 1 saturated heterocycles. The van der Waals surface area contributed by atoms with E-state index in [4.69, 9.17) is 4.74 Å². The number of hydrogen-bond donors (Lipinski definition) is 3. The number of hydrogen-bond acceptors (Lipinski definition) is 7. The fraction of sp³-hybridized carbons (Fsp3) is 0.618. The van der Waals surface area contributed by atoms with E-state index in [2.05, 4.69) is 16.0 Å². The Bertz CT molecular complexity index is 1390. The first-order valence-corrected chi connectivity index (χ1v) is 16.2. The number of para-hydroxylation sites is 1. The molecule has 0 bridgehead atoms. The van der Waals surface area contributed by atoms with E-state index in [0.29, 0.717) is 22.9 Å². The molecule has 47 heavy (non-hydrogen) atoms. The predicted molar refractivity (Wildman–Crippen MR) is 173 cm³/mol. The van der Waals surface area contributed by atoms with Gasteiger partial charge in [0, 0.05) is 30.1 Å². The minimum atomic E-state index is -1.42. The maximum absolute atomic E-state index is 14.0. The topological polar surface area (TPSA) is 162 Å². The van der Waals surface area contributed by atoms with Gasteiger partial charge in [0.1, 0.15) is 12.1 Å². The third-order valence-corrected chi connectivity index (χ3v) is 8.53. The summed E-state index contributed by atoms with van der Waals surface area (Å²) in [5, 5.41) is 20.9. The normalized spacial score (nSPS) is 18.3. The van der Waals surface area contributed by atoms with Gasteiger partial charge in [-0.25, -0.2) is 9.59 Å². The predicted octanol–water partition coefficient (Wildman–Crippen LogP) is 0.489. The van der Waals surface area contributed by atoms with Crippen molar-refractivity contribution in [2.24, 2.45) is 5.41 Å². The van der Waals surface area contributed by atoms with Crippen molar-refractivity contribution in [3.8, 4) is 0 Å². The Hall–Kier alpha value is -3.09. The Morgan fingerprint density at radius 3 is 2.13 bits per heavy atom. The van der Waals surface area contributed by atoms with E-state index in [9.17, 15) is 29.1 Å². The number of fused-ring (bicyclic) bond motifs is 1. The molecule has 1 aromatic carbocycles. The van der Waals surface area contributed by atoms with E-state index in [0.717, 1.165) is 25.7 Å². The van der Waals surface area contributed by atoms with Crippen LogP contribution in [0.5, 0.6) is 0 Å². The van der Waals surface area contributed by atoms with Gasteiger partial charge in [-0.3, -0.25) is 14.2 Å². The van der Waals surface area contributed by atoms with Crippen molar-refractivity contribution in [3.63, 3.8) is 0 Å².